The SMILES string of the molecule is Nc1cnn2cc(-c3ccccc3)cnc12. The van der Waals surface area contributed by atoms with Crippen molar-refractivity contribution in [1.29, 1.82) is 0 Å². The van der Waals surface area contributed by atoms with E-state index in [0.29, 0.717) is 11.3 Å². The highest BCUT2D eigenvalue weighted by Gasteiger charge is 2.03. The molecule has 4 nitrogen and oxygen atoms in total. The normalized spacial score (nSPS) is 10.8. The van der Waals surface area contributed by atoms with Crippen LogP contribution in [-0.2, 0) is 0 Å². The van der Waals surface area contributed by atoms with Crippen LogP contribution in [0, 0.1) is 0 Å². The fourth-order valence-corrected chi connectivity index (χ4v) is 1.67. The van der Waals surface area contributed by atoms with Crippen LogP contribution in [0.3, 0.4) is 0 Å². The monoisotopic (exact) mass is 210 g/mol. The van der Waals surface area contributed by atoms with E-state index in [2.05, 4.69) is 10.1 Å². The Balaban J connectivity index is 2.19. The van der Waals surface area contributed by atoms with Crippen LogP contribution in [0.5, 0.6) is 0 Å². The summed E-state index contributed by atoms with van der Waals surface area (Å²) in [5.41, 5.74) is 9.15. The summed E-state index contributed by atoms with van der Waals surface area (Å²) in [5.74, 6) is 0. The van der Waals surface area contributed by atoms with Crippen LogP contribution in [0.2, 0.25) is 0 Å². The summed E-state index contributed by atoms with van der Waals surface area (Å²) in [4.78, 5) is 4.29. The second-order valence-corrected chi connectivity index (χ2v) is 3.58. The van der Waals surface area contributed by atoms with Gasteiger partial charge in [0.1, 0.15) is 0 Å². The second kappa shape index (κ2) is 3.34. The Morgan fingerprint density at radius 1 is 1.00 bits per heavy atom. The van der Waals surface area contributed by atoms with Crippen molar-refractivity contribution in [1.82, 2.24) is 14.6 Å². The molecule has 3 rings (SSSR count). The van der Waals surface area contributed by atoms with Gasteiger partial charge in [0.05, 0.1) is 11.9 Å². The molecule has 0 fully saturated rings. The standard InChI is InChI=1S/C12H10N4/c13-11-7-15-16-8-10(6-14-12(11)16)9-4-2-1-3-5-9/h1-8H,13H2. The van der Waals surface area contributed by atoms with E-state index in [0.717, 1.165) is 11.1 Å². The van der Waals surface area contributed by atoms with Gasteiger partial charge in [-0.05, 0) is 5.56 Å². The number of nitrogens with zero attached hydrogens (tertiary/aromatic N) is 3. The molecule has 0 aliphatic rings. The molecule has 3 aromatic rings. The highest BCUT2D eigenvalue weighted by atomic mass is 15.2. The van der Waals surface area contributed by atoms with Gasteiger partial charge >= 0.3 is 0 Å². The molecule has 0 saturated carbocycles. The molecule has 0 amide bonds. The van der Waals surface area contributed by atoms with Gasteiger partial charge in [0.25, 0.3) is 0 Å². The van der Waals surface area contributed by atoms with E-state index in [1.54, 1.807) is 10.7 Å². The minimum absolute atomic E-state index is 0.597. The maximum Gasteiger partial charge on any atom is 0.178 e. The van der Waals surface area contributed by atoms with Crippen molar-refractivity contribution in [3.8, 4) is 11.1 Å². The average Bonchev–Trinajstić information content (AvgIpc) is 2.72. The molecule has 0 saturated heterocycles. The third-order valence-corrected chi connectivity index (χ3v) is 2.49. The Morgan fingerprint density at radius 2 is 1.81 bits per heavy atom. The van der Waals surface area contributed by atoms with Crippen molar-refractivity contribution in [2.75, 3.05) is 5.73 Å². The second-order valence-electron chi connectivity index (χ2n) is 3.58. The summed E-state index contributed by atoms with van der Waals surface area (Å²) in [6.07, 6.45) is 5.34. The minimum Gasteiger partial charge on any atom is -0.394 e. The molecule has 2 N–H and O–H groups in total. The molecular formula is C12H10N4. The number of hydrogen-bond acceptors (Lipinski definition) is 3. The summed E-state index contributed by atoms with van der Waals surface area (Å²) >= 11 is 0. The maximum absolute atomic E-state index is 5.72. The Morgan fingerprint density at radius 3 is 2.62 bits per heavy atom. The lowest BCUT2D eigenvalue weighted by Crippen LogP contribution is -1.92. The number of anilines is 1. The number of fused-ring (bicyclic) bond motifs is 1. The van der Waals surface area contributed by atoms with Crippen molar-refractivity contribution in [3.05, 3.63) is 48.9 Å². The van der Waals surface area contributed by atoms with Crippen molar-refractivity contribution < 1.29 is 0 Å². The van der Waals surface area contributed by atoms with E-state index in [-0.39, 0.29) is 0 Å². The first-order valence-electron chi connectivity index (χ1n) is 4.99. The molecule has 0 atom stereocenters. The fourth-order valence-electron chi connectivity index (χ4n) is 1.67. The van der Waals surface area contributed by atoms with Crippen molar-refractivity contribution in [2.24, 2.45) is 0 Å². The maximum atomic E-state index is 5.72. The molecule has 0 unspecified atom stereocenters. The first-order valence-corrected chi connectivity index (χ1v) is 4.99. The van der Waals surface area contributed by atoms with Gasteiger partial charge in [-0.25, -0.2) is 9.50 Å². The molecule has 2 aromatic heterocycles. The predicted octanol–water partition coefficient (Wildman–Crippen LogP) is 1.98. The summed E-state index contributed by atoms with van der Waals surface area (Å²) < 4.78 is 1.69. The number of aromatic nitrogens is 3. The quantitative estimate of drug-likeness (QED) is 0.668. The summed E-state index contributed by atoms with van der Waals surface area (Å²) in [6.45, 7) is 0. The fraction of sp³-hybridized carbons (Fsp3) is 0. The van der Waals surface area contributed by atoms with E-state index in [9.17, 15) is 0 Å². The average molecular weight is 210 g/mol. The molecule has 4 heteroatoms. The Hall–Kier alpha value is -2.36. The number of rotatable bonds is 1. The summed E-state index contributed by atoms with van der Waals surface area (Å²) in [7, 11) is 0. The lowest BCUT2D eigenvalue weighted by Gasteiger charge is -2.01. The first kappa shape index (κ1) is 8.91. The molecule has 0 bridgehead atoms. The lowest BCUT2D eigenvalue weighted by molar-refractivity contribution is 0.941. The highest BCUT2D eigenvalue weighted by Crippen LogP contribution is 2.19. The van der Waals surface area contributed by atoms with E-state index in [1.807, 2.05) is 42.7 Å². The van der Waals surface area contributed by atoms with Gasteiger partial charge in [0, 0.05) is 18.0 Å². The van der Waals surface area contributed by atoms with Crippen LogP contribution in [0.4, 0.5) is 5.69 Å². The van der Waals surface area contributed by atoms with Gasteiger partial charge in [-0.2, -0.15) is 5.10 Å². The molecule has 0 spiro atoms. The number of nitrogen functional groups attached to an aromatic ring is 1. The summed E-state index contributed by atoms with van der Waals surface area (Å²) in [5, 5.41) is 4.13. The molecule has 0 radical (unpaired) electrons. The minimum atomic E-state index is 0.597. The summed E-state index contributed by atoms with van der Waals surface area (Å²) in [6, 6.07) is 10.1. The van der Waals surface area contributed by atoms with E-state index in [4.69, 9.17) is 5.73 Å². The van der Waals surface area contributed by atoms with Crippen LogP contribution in [0.15, 0.2) is 48.9 Å². The number of hydrogen-bond donors (Lipinski definition) is 1. The van der Waals surface area contributed by atoms with Gasteiger partial charge in [0.2, 0.25) is 0 Å². The van der Waals surface area contributed by atoms with Crippen LogP contribution < -0.4 is 5.73 Å². The Bertz CT molecular complexity index is 628. The molecule has 0 aliphatic heterocycles. The van der Waals surface area contributed by atoms with Crippen LogP contribution in [0.25, 0.3) is 16.8 Å². The van der Waals surface area contributed by atoms with Crippen molar-refractivity contribution in [2.45, 2.75) is 0 Å². The van der Waals surface area contributed by atoms with Crippen LogP contribution in [0.1, 0.15) is 0 Å². The lowest BCUT2D eigenvalue weighted by atomic mass is 10.1. The molecule has 78 valence electrons. The Labute approximate surface area is 92.4 Å². The molecular weight excluding hydrogens is 200 g/mol. The smallest absolute Gasteiger partial charge is 0.178 e. The largest absolute Gasteiger partial charge is 0.394 e. The zero-order valence-corrected chi connectivity index (χ0v) is 8.54. The number of benzene rings is 1. The van der Waals surface area contributed by atoms with Crippen molar-refractivity contribution >= 4 is 11.3 Å². The highest BCUT2D eigenvalue weighted by molar-refractivity contribution is 5.67. The van der Waals surface area contributed by atoms with Gasteiger partial charge in [-0.15, -0.1) is 0 Å². The van der Waals surface area contributed by atoms with E-state index < -0.39 is 0 Å². The van der Waals surface area contributed by atoms with Gasteiger partial charge in [-0.1, -0.05) is 30.3 Å². The Kier molecular flexibility index (Phi) is 1.86. The van der Waals surface area contributed by atoms with Crippen LogP contribution >= 0.6 is 0 Å². The zero-order chi connectivity index (χ0) is 11.0. The third-order valence-electron chi connectivity index (χ3n) is 2.49. The zero-order valence-electron chi connectivity index (χ0n) is 8.54. The number of nitrogens with two attached hydrogens (primary N) is 1. The predicted molar refractivity (Wildman–Crippen MR) is 62.8 cm³/mol. The molecule has 1 aromatic carbocycles. The topological polar surface area (TPSA) is 56.2 Å². The van der Waals surface area contributed by atoms with Gasteiger partial charge in [-0.3, -0.25) is 0 Å². The van der Waals surface area contributed by atoms with Gasteiger partial charge in [0.15, 0.2) is 5.65 Å². The first-order chi connectivity index (χ1) is 7.84. The molecule has 16 heavy (non-hydrogen) atoms. The third kappa shape index (κ3) is 1.32. The van der Waals surface area contributed by atoms with Gasteiger partial charge < -0.3 is 5.73 Å². The van der Waals surface area contributed by atoms with E-state index in [1.165, 1.54) is 0 Å². The van der Waals surface area contributed by atoms with E-state index >= 15 is 0 Å². The molecule has 2 heterocycles. The molecule has 0 aliphatic carbocycles. The van der Waals surface area contributed by atoms with Crippen LogP contribution in [-0.4, -0.2) is 14.6 Å². The van der Waals surface area contributed by atoms with Crippen molar-refractivity contribution in [3.63, 3.8) is 0 Å².